The molecule has 6 nitrogen and oxygen atoms in total. The van der Waals surface area contributed by atoms with E-state index in [9.17, 15) is 4.79 Å². The van der Waals surface area contributed by atoms with Crippen LogP contribution in [0, 0.1) is 19.8 Å². The van der Waals surface area contributed by atoms with Gasteiger partial charge in [0.15, 0.2) is 0 Å². The fourth-order valence-electron chi connectivity index (χ4n) is 5.07. The molecule has 0 bridgehead atoms. The monoisotopic (exact) mass is 424 g/mol. The number of hydrogen-bond donors (Lipinski definition) is 1. The standard InChI is InChI=1S/C25H36N4O2/c1-19-24(20(2)31-27-19)17-26-25(30)22-9-6-13-29(18-22)23-11-15-28(16-12-23)14-10-21-7-4-3-5-8-21/h3-5,7-8,22-23H,6,9-18H2,1-2H3,(H,26,30)/t22-/m0/s1. The summed E-state index contributed by atoms with van der Waals surface area (Å²) in [5, 5.41) is 7.10. The molecule has 1 aromatic carbocycles. The summed E-state index contributed by atoms with van der Waals surface area (Å²) < 4.78 is 5.21. The van der Waals surface area contributed by atoms with E-state index in [4.69, 9.17) is 4.52 Å². The van der Waals surface area contributed by atoms with Crippen molar-refractivity contribution in [3.63, 3.8) is 0 Å². The minimum Gasteiger partial charge on any atom is -0.361 e. The average molecular weight is 425 g/mol. The van der Waals surface area contributed by atoms with Gasteiger partial charge in [0.2, 0.25) is 5.91 Å². The fourth-order valence-corrected chi connectivity index (χ4v) is 5.07. The predicted molar refractivity (Wildman–Crippen MR) is 122 cm³/mol. The predicted octanol–water partition coefficient (Wildman–Crippen LogP) is 3.33. The summed E-state index contributed by atoms with van der Waals surface area (Å²) >= 11 is 0. The van der Waals surface area contributed by atoms with Crippen LogP contribution in [-0.4, -0.2) is 59.6 Å². The number of nitrogens with one attached hydrogen (secondary N) is 1. The SMILES string of the molecule is Cc1noc(C)c1CNC(=O)[C@H]1CCCN(C2CCN(CCc3ccccc3)CC2)C1. The van der Waals surface area contributed by atoms with Crippen LogP contribution in [0.2, 0.25) is 0 Å². The lowest BCUT2D eigenvalue weighted by atomic mass is 9.93. The number of benzene rings is 1. The first-order valence-electron chi connectivity index (χ1n) is 11.8. The van der Waals surface area contributed by atoms with E-state index in [-0.39, 0.29) is 11.8 Å². The van der Waals surface area contributed by atoms with Gasteiger partial charge in [-0.15, -0.1) is 0 Å². The number of amides is 1. The van der Waals surface area contributed by atoms with Crippen molar-refractivity contribution in [3.05, 3.63) is 52.9 Å². The van der Waals surface area contributed by atoms with E-state index in [1.165, 1.54) is 18.4 Å². The van der Waals surface area contributed by atoms with Gasteiger partial charge in [0.25, 0.3) is 0 Å². The van der Waals surface area contributed by atoms with Gasteiger partial charge in [0.1, 0.15) is 5.76 Å². The molecule has 0 unspecified atom stereocenters. The summed E-state index contributed by atoms with van der Waals surface area (Å²) in [4.78, 5) is 18.0. The summed E-state index contributed by atoms with van der Waals surface area (Å²) in [5.74, 6) is 1.05. The zero-order valence-electron chi connectivity index (χ0n) is 19.0. The van der Waals surface area contributed by atoms with Gasteiger partial charge < -0.3 is 14.7 Å². The molecule has 1 amide bonds. The van der Waals surface area contributed by atoms with Gasteiger partial charge in [-0.25, -0.2) is 0 Å². The van der Waals surface area contributed by atoms with E-state index in [2.05, 4.69) is 50.6 Å². The molecule has 0 aliphatic carbocycles. The first-order chi connectivity index (χ1) is 15.1. The number of piperidine rings is 2. The van der Waals surface area contributed by atoms with Crippen LogP contribution in [0.15, 0.2) is 34.9 Å². The van der Waals surface area contributed by atoms with E-state index in [1.807, 2.05) is 13.8 Å². The summed E-state index contributed by atoms with van der Waals surface area (Å²) in [5.41, 5.74) is 3.29. The van der Waals surface area contributed by atoms with Crippen molar-refractivity contribution < 1.29 is 9.32 Å². The third-order valence-corrected chi connectivity index (χ3v) is 7.08. The van der Waals surface area contributed by atoms with Crippen LogP contribution < -0.4 is 5.32 Å². The Morgan fingerprint density at radius 2 is 1.90 bits per heavy atom. The molecule has 2 aromatic rings. The molecule has 0 radical (unpaired) electrons. The topological polar surface area (TPSA) is 61.6 Å². The van der Waals surface area contributed by atoms with Crippen molar-refractivity contribution in [1.82, 2.24) is 20.3 Å². The van der Waals surface area contributed by atoms with E-state index in [1.54, 1.807) is 0 Å². The second kappa shape index (κ2) is 10.4. The molecule has 2 fully saturated rings. The van der Waals surface area contributed by atoms with Crippen molar-refractivity contribution >= 4 is 5.91 Å². The summed E-state index contributed by atoms with van der Waals surface area (Å²) in [7, 11) is 0. The molecule has 0 spiro atoms. The quantitative estimate of drug-likeness (QED) is 0.739. The number of likely N-dealkylation sites (tertiary alicyclic amines) is 2. The molecule has 6 heteroatoms. The van der Waals surface area contributed by atoms with Crippen LogP contribution in [0.1, 0.15) is 48.3 Å². The van der Waals surface area contributed by atoms with Gasteiger partial charge >= 0.3 is 0 Å². The van der Waals surface area contributed by atoms with Crippen LogP contribution in [0.5, 0.6) is 0 Å². The highest BCUT2D eigenvalue weighted by Gasteiger charge is 2.31. The molecule has 1 atom stereocenters. The average Bonchev–Trinajstić information content (AvgIpc) is 3.14. The van der Waals surface area contributed by atoms with E-state index < -0.39 is 0 Å². The van der Waals surface area contributed by atoms with Gasteiger partial charge in [-0.1, -0.05) is 35.5 Å². The molecule has 2 aliphatic rings. The van der Waals surface area contributed by atoms with Gasteiger partial charge in [-0.2, -0.15) is 0 Å². The maximum absolute atomic E-state index is 12.8. The molecule has 0 saturated carbocycles. The molecule has 1 N–H and O–H groups in total. The van der Waals surface area contributed by atoms with Gasteiger partial charge in [-0.3, -0.25) is 9.69 Å². The number of nitrogens with zero attached hydrogens (tertiary/aromatic N) is 3. The number of carbonyl (C=O) groups excluding carboxylic acids is 1. The van der Waals surface area contributed by atoms with Crippen molar-refractivity contribution in [2.24, 2.45) is 5.92 Å². The molecule has 168 valence electrons. The third-order valence-electron chi connectivity index (χ3n) is 7.08. The van der Waals surface area contributed by atoms with Crippen LogP contribution in [-0.2, 0) is 17.8 Å². The van der Waals surface area contributed by atoms with Gasteiger partial charge in [0, 0.05) is 31.2 Å². The zero-order chi connectivity index (χ0) is 21.6. The van der Waals surface area contributed by atoms with Crippen molar-refractivity contribution in [2.45, 2.75) is 58.5 Å². The molecule has 4 rings (SSSR count). The Morgan fingerprint density at radius 3 is 2.61 bits per heavy atom. The van der Waals surface area contributed by atoms with E-state index in [0.29, 0.717) is 12.6 Å². The van der Waals surface area contributed by atoms with E-state index >= 15 is 0 Å². The molecule has 31 heavy (non-hydrogen) atoms. The molecular weight excluding hydrogens is 388 g/mol. The van der Waals surface area contributed by atoms with Crippen molar-refractivity contribution in [1.29, 1.82) is 0 Å². The summed E-state index contributed by atoms with van der Waals surface area (Å²) in [6.45, 7) is 9.82. The fraction of sp³-hybridized carbons (Fsp3) is 0.600. The number of rotatable bonds is 7. The van der Waals surface area contributed by atoms with Crippen LogP contribution in [0.4, 0.5) is 0 Å². The maximum atomic E-state index is 12.8. The first-order valence-corrected chi connectivity index (χ1v) is 11.8. The Bertz CT molecular complexity index is 823. The molecule has 1 aromatic heterocycles. The smallest absolute Gasteiger partial charge is 0.224 e. The summed E-state index contributed by atoms with van der Waals surface area (Å²) in [6, 6.07) is 11.4. The highest BCUT2D eigenvalue weighted by molar-refractivity contribution is 5.79. The Morgan fingerprint density at radius 1 is 1.13 bits per heavy atom. The highest BCUT2D eigenvalue weighted by Crippen LogP contribution is 2.24. The number of carbonyl (C=O) groups is 1. The summed E-state index contributed by atoms with van der Waals surface area (Å²) in [6.07, 6.45) is 5.64. The van der Waals surface area contributed by atoms with Crippen LogP contribution in [0.25, 0.3) is 0 Å². The zero-order valence-corrected chi connectivity index (χ0v) is 19.0. The van der Waals surface area contributed by atoms with Crippen LogP contribution >= 0.6 is 0 Å². The lowest BCUT2D eigenvalue weighted by Crippen LogP contribution is -2.50. The van der Waals surface area contributed by atoms with Crippen molar-refractivity contribution in [3.8, 4) is 0 Å². The number of aryl methyl sites for hydroxylation is 2. The van der Waals surface area contributed by atoms with Crippen LogP contribution in [0.3, 0.4) is 0 Å². The van der Waals surface area contributed by atoms with Gasteiger partial charge in [-0.05, 0) is 71.1 Å². The number of hydrogen-bond acceptors (Lipinski definition) is 5. The Hall–Kier alpha value is -2.18. The molecule has 2 aliphatic heterocycles. The maximum Gasteiger partial charge on any atom is 0.224 e. The Kier molecular flexibility index (Phi) is 7.41. The molecule has 3 heterocycles. The lowest BCUT2D eigenvalue weighted by molar-refractivity contribution is -0.127. The Labute approximate surface area is 186 Å². The minimum absolute atomic E-state index is 0.0883. The third kappa shape index (κ3) is 5.74. The Balaban J connectivity index is 1.21. The van der Waals surface area contributed by atoms with Gasteiger partial charge in [0.05, 0.1) is 11.6 Å². The molecule has 2 saturated heterocycles. The second-order valence-electron chi connectivity index (χ2n) is 9.16. The van der Waals surface area contributed by atoms with Crippen molar-refractivity contribution in [2.75, 3.05) is 32.7 Å². The number of aromatic nitrogens is 1. The minimum atomic E-state index is 0.0883. The molecular formula is C25H36N4O2. The first kappa shape index (κ1) is 22.0. The van der Waals surface area contributed by atoms with E-state index in [0.717, 1.165) is 69.0 Å². The lowest BCUT2D eigenvalue weighted by Gasteiger charge is -2.42. The highest BCUT2D eigenvalue weighted by atomic mass is 16.5. The second-order valence-corrected chi connectivity index (χ2v) is 9.16. The largest absolute Gasteiger partial charge is 0.361 e. The normalized spacial score (nSPS) is 21.3.